The topological polar surface area (TPSA) is 83.3 Å². The van der Waals surface area contributed by atoms with E-state index in [4.69, 9.17) is 0 Å². The second-order valence-electron chi connectivity index (χ2n) is 5.81. The van der Waals surface area contributed by atoms with Gasteiger partial charge in [-0.05, 0) is 24.3 Å². The van der Waals surface area contributed by atoms with Crippen molar-refractivity contribution in [2.24, 2.45) is 4.99 Å². The van der Waals surface area contributed by atoms with Gasteiger partial charge < -0.3 is 16.0 Å². The van der Waals surface area contributed by atoms with Gasteiger partial charge in [0, 0.05) is 24.8 Å². The fourth-order valence-electron chi connectivity index (χ4n) is 2.97. The number of fused-ring (bicyclic) bond motifs is 1. The van der Waals surface area contributed by atoms with E-state index in [2.05, 4.69) is 26.0 Å². The maximum atomic E-state index is 12.8. The normalized spacial score (nSPS) is 12.2. The standard InChI is InChI=1S/C19H18N6O/c1-20-17-15(19(26)24-14-6-3-2-4-7-14)8-5-9-16(17)25-18-13(11-23-25)10-21-12-22-18/h2-9,11-12,20H,10H2,1H3,(H,21,22)(H,24,26). The quantitative estimate of drug-likeness (QED) is 0.678. The van der Waals surface area contributed by atoms with Gasteiger partial charge in [-0.3, -0.25) is 4.79 Å². The highest BCUT2D eigenvalue weighted by Crippen LogP contribution is 2.31. The molecule has 1 amide bonds. The molecule has 26 heavy (non-hydrogen) atoms. The van der Waals surface area contributed by atoms with Crippen molar-refractivity contribution in [3.63, 3.8) is 0 Å². The molecule has 1 aromatic heterocycles. The Kier molecular flexibility index (Phi) is 4.10. The van der Waals surface area contributed by atoms with Gasteiger partial charge in [0.05, 0.1) is 29.5 Å². The summed E-state index contributed by atoms with van der Waals surface area (Å²) >= 11 is 0. The minimum Gasteiger partial charge on any atom is -0.386 e. The Bertz CT molecular complexity index is 977. The molecule has 7 nitrogen and oxygen atoms in total. The summed E-state index contributed by atoms with van der Waals surface area (Å²) in [6, 6.07) is 14.9. The first-order valence-corrected chi connectivity index (χ1v) is 8.28. The van der Waals surface area contributed by atoms with E-state index in [1.54, 1.807) is 30.3 Å². The number of rotatable bonds is 4. The molecule has 2 heterocycles. The number of carbonyl (C=O) groups is 1. The van der Waals surface area contributed by atoms with Crippen LogP contribution in [0.3, 0.4) is 0 Å². The van der Waals surface area contributed by atoms with E-state index in [9.17, 15) is 4.79 Å². The van der Waals surface area contributed by atoms with Gasteiger partial charge in [0.2, 0.25) is 0 Å². The first kappa shape index (κ1) is 15.9. The van der Waals surface area contributed by atoms with E-state index >= 15 is 0 Å². The minimum absolute atomic E-state index is 0.186. The largest absolute Gasteiger partial charge is 0.386 e. The number of nitrogens with one attached hydrogen (secondary N) is 3. The molecule has 0 fully saturated rings. The van der Waals surface area contributed by atoms with Gasteiger partial charge >= 0.3 is 0 Å². The van der Waals surface area contributed by atoms with Crippen molar-refractivity contribution in [1.29, 1.82) is 0 Å². The van der Waals surface area contributed by atoms with E-state index in [1.165, 1.54) is 0 Å². The van der Waals surface area contributed by atoms with Crippen LogP contribution in [-0.4, -0.2) is 29.1 Å². The van der Waals surface area contributed by atoms with Crippen molar-refractivity contribution in [2.75, 3.05) is 17.7 Å². The maximum absolute atomic E-state index is 12.8. The molecule has 0 bridgehead atoms. The third-order valence-corrected chi connectivity index (χ3v) is 4.18. The number of nitrogens with zero attached hydrogens (tertiary/aromatic N) is 3. The highest BCUT2D eigenvalue weighted by atomic mass is 16.1. The molecule has 0 radical (unpaired) electrons. The van der Waals surface area contributed by atoms with Crippen LogP contribution < -0.4 is 16.0 Å². The second-order valence-corrected chi connectivity index (χ2v) is 5.81. The summed E-state index contributed by atoms with van der Waals surface area (Å²) < 4.78 is 1.75. The van der Waals surface area contributed by atoms with Gasteiger partial charge in [0.1, 0.15) is 0 Å². The number of amides is 1. The fraction of sp³-hybridized carbons (Fsp3) is 0.105. The predicted octanol–water partition coefficient (Wildman–Crippen LogP) is 2.93. The zero-order valence-electron chi connectivity index (χ0n) is 14.2. The third kappa shape index (κ3) is 2.79. The summed E-state index contributed by atoms with van der Waals surface area (Å²) in [5, 5.41) is 13.6. The van der Waals surface area contributed by atoms with Crippen molar-refractivity contribution >= 4 is 29.4 Å². The predicted molar refractivity (Wildman–Crippen MR) is 102 cm³/mol. The van der Waals surface area contributed by atoms with Crippen molar-refractivity contribution < 1.29 is 4.79 Å². The molecule has 0 aliphatic carbocycles. The molecule has 0 atom stereocenters. The number of hydrogen-bond donors (Lipinski definition) is 3. The lowest BCUT2D eigenvalue weighted by atomic mass is 10.1. The van der Waals surface area contributed by atoms with E-state index < -0.39 is 0 Å². The molecule has 7 heteroatoms. The Labute approximate surface area is 150 Å². The van der Waals surface area contributed by atoms with Crippen LogP contribution >= 0.6 is 0 Å². The average molecular weight is 346 g/mol. The second kappa shape index (κ2) is 6.72. The van der Waals surface area contributed by atoms with Crippen molar-refractivity contribution in [1.82, 2.24) is 15.1 Å². The van der Waals surface area contributed by atoms with Crippen LogP contribution in [0, 0.1) is 0 Å². The third-order valence-electron chi connectivity index (χ3n) is 4.18. The fourth-order valence-corrected chi connectivity index (χ4v) is 2.97. The highest BCUT2D eigenvalue weighted by Gasteiger charge is 2.19. The molecule has 2 aromatic carbocycles. The lowest BCUT2D eigenvalue weighted by molar-refractivity contribution is 0.102. The molecule has 0 spiro atoms. The molecule has 3 aromatic rings. The molecule has 1 aliphatic heterocycles. The first-order chi connectivity index (χ1) is 12.8. The molecule has 1 aliphatic rings. The Morgan fingerprint density at radius 2 is 2.00 bits per heavy atom. The van der Waals surface area contributed by atoms with Gasteiger partial charge in [0.15, 0.2) is 5.82 Å². The maximum Gasteiger partial charge on any atom is 0.257 e. The molecule has 0 unspecified atom stereocenters. The summed E-state index contributed by atoms with van der Waals surface area (Å²) in [5.41, 5.74) is 3.76. The summed E-state index contributed by atoms with van der Waals surface area (Å²) in [7, 11) is 1.79. The molecular weight excluding hydrogens is 328 g/mol. The number of carbonyl (C=O) groups excluding carboxylic acids is 1. The number of aliphatic imine (C=N–C) groups is 1. The van der Waals surface area contributed by atoms with E-state index in [0.717, 1.165) is 22.8 Å². The first-order valence-electron chi connectivity index (χ1n) is 8.28. The molecular formula is C19H18N6O. The van der Waals surface area contributed by atoms with Gasteiger partial charge in [0.25, 0.3) is 5.91 Å². The summed E-state index contributed by atoms with van der Waals surface area (Å²) in [5.74, 6) is 0.578. The van der Waals surface area contributed by atoms with Crippen LogP contribution in [0.15, 0.2) is 59.7 Å². The van der Waals surface area contributed by atoms with Crippen LogP contribution in [0.4, 0.5) is 17.2 Å². The van der Waals surface area contributed by atoms with Crippen LogP contribution in [0.25, 0.3) is 5.69 Å². The summed E-state index contributed by atoms with van der Waals surface area (Å²) in [6.45, 7) is 0.682. The number of aromatic nitrogens is 2. The molecule has 130 valence electrons. The van der Waals surface area contributed by atoms with E-state index in [-0.39, 0.29) is 5.91 Å². The summed E-state index contributed by atoms with van der Waals surface area (Å²) in [4.78, 5) is 17.2. The van der Waals surface area contributed by atoms with Crippen molar-refractivity contribution in [3.8, 4) is 5.69 Å². The Morgan fingerprint density at radius 1 is 1.15 bits per heavy atom. The van der Waals surface area contributed by atoms with Crippen LogP contribution in [-0.2, 0) is 6.54 Å². The highest BCUT2D eigenvalue weighted by molar-refractivity contribution is 6.09. The number of hydrogen-bond acceptors (Lipinski definition) is 5. The number of anilines is 2. The minimum atomic E-state index is -0.186. The van der Waals surface area contributed by atoms with Gasteiger partial charge in [-0.2, -0.15) is 5.10 Å². The SMILES string of the molecule is CNc1c(C(=O)Nc2ccccc2)cccc1-n1ncc2c1N=CNC2. The Balaban J connectivity index is 1.74. The zero-order valence-corrected chi connectivity index (χ0v) is 14.2. The lowest BCUT2D eigenvalue weighted by Crippen LogP contribution is -2.16. The number of para-hydroxylation sites is 2. The average Bonchev–Trinajstić information content (AvgIpc) is 3.12. The smallest absolute Gasteiger partial charge is 0.257 e. The zero-order chi connectivity index (χ0) is 17.9. The molecule has 0 saturated carbocycles. The van der Waals surface area contributed by atoms with Gasteiger partial charge in [-0.1, -0.05) is 24.3 Å². The van der Waals surface area contributed by atoms with Crippen LogP contribution in [0.1, 0.15) is 15.9 Å². The van der Waals surface area contributed by atoms with Gasteiger partial charge in [-0.25, -0.2) is 9.67 Å². The Hall–Kier alpha value is -3.61. The molecule has 4 rings (SSSR count). The monoisotopic (exact) mass is 346 g/mol. The summed E-state index contributed by atoms with van der Waals surface area (Å²) in [6.07, 6.45) is 3.44. The molecule has 0 saturated heterocycles. The van der Waals surface area contributed by atoms with E-state index in [1.807, 2.05) is 42.5 Å². The van der Waals surface area contributed by atoms with Crippen LogP contribution in [0.5, 0.6) is 0 Å². The van der Waals surface area contributed by atoms with Crippen molar-refractivity contribution in [3.05, 3.63) is 65.9 Å². The Morgan fingerprint density at radius 3 is 2.81 bits per heavy atom. The van der Waals surface area contributed by atoms with Crippen molar-refractivity contribution in [2.45, 2.75) is 6.54 Å². The number of benzene rings is 2. The van der Waals surface area contributed by atoms with Gasteiger partial charge in [-0.15, -0.1) is 0 Å². The van der Waals surface area contributed by atoms with Crippen LogP contribution in [0.2, 0.25) is 0 Å². The van der Waals surface area contributed by atoms with E-state index in [0.29, 0.717) is 17.8 Å². The molecule has 3 N–H and O–H groups in total. The lowest BCUT2D eigenvalue weighted by Gasteiger charge is -2.16.